The summed E-state index contributed by atoms with van der Waals surface area (Å²) in [5.74, 6) is 1.94. The van der Waals surface area contributed by atoms with Crippen molar-refractivity contribution in [2.45, 2.75) is 52.7 Å². The zero-order valence-corrected chi connectivity index (χ0v) is 21.0. The monoisotopic (exact) mass is 470 g/mol. The lowest BCUT2D eigenvalue weighted by Crippen LogP contribution is -2.08. The molecule has 2 fully saturated rings. The summed E-state index contributed by atoms with van der Waals surface area (Å²) in [6.07, 6.45) is 2.37. The first kappa shape index (κ1) is 25.0. The van der Waals surface area contributed by atoms with Crippen LogP contribution in [0.2, 0.25) is 0 Å². The van der Waals surface area contributed by atoms with Crippen molar-refractivity contribution < 1.29 is 28.4 Å². The van der Waals surface area contributed by atoms with Crippen LogP contribution in [0.4, 0.5) is 0 Å². The maximum Gasteiger partial charge on any atom is 0.125 e. The van der Waals surface area contributed by atoms with E-state index in [1.165, 1.54) is 11.1 Å². The van der Waals surface area contributed by atoms with Crippen molar-refractivity contribution >= 4 is 0 Å². The SMILES string of the molecule is Cc1cc(-c2cc(C)c(OCCCOCC3CO3)c(C)c2)cc(C)c1OCCCOCC1CO1. The first-order valence-corrected chi connectivity index (χ1v) is 12.4. The Bertz CT molecular complexity index is 824. The average molecular weight is 471 g/mol. The van der Waals surface area contributed by atoms with Crippen LogP contribution in [0.15, 0.2) is 24.3 Å². The predicted molar refractivity (Wildman–Crippen MR) is 132 cm³/mol. The Morgan fingerprint density at radius 3 is 1.29 bits per heavy atom. The second-order valence-corrected chi connectivity index (χ2v) is 9.34. The molecule has 34 heavy (non-hydrogen) atoms. The minimum absolute atomic E-state index is 0.318. The van der Waals surface area contributed by atoms with Gasteiger partial charge in [-0.3, -0.25) is 0 Å². The van der Waals surface area contributed by atoms with Crippen LogP contribution in [0, 0.1) is 27.7 Å². The fraction of sp³-hybridized carbons (Fsp3) is 0.571. The second-order valence-electron chi connectivity index (χ2n) is 9.34. The van der Waals surface area contributed by atoms with E-state index < -0.39 is 0 Å². The number of benzene rings is 2. The van der Waals surface area contributed by atoms with Crippen LogP contribution in [0.3, 0.4) is 0 Å². The van der Waals surface area contributed by atoms with Gasteiger partial charge in [-0.2, -0.15) is 0 Å². The Labute approximate surface area is 203 Å². The molecular weight excluding hydrogens is 432 g/mol. The lowest BCUT2D eigenvalue weighted by Gasteiger charge is -2.17. The molecule has 0 saturated carbocycles. The molecule has 0 aromatic heterocycles. The van der Waals surface area contributed by atoms with Crippen molar-refractivity contribution in [1.29, 1.82) is 0 Å². The molecule has 6 nitrogen and oxygen atoms in total. The highest BCUT2D eigenvalue weighted by molar-refractivity contribution is 5.70. The van der Waals surface area contributed by atoms with E-state index in [-0.39, 0.29) is 0 Å². The molecule has 2 atom stereocenters. The highest BCUT2D eigenvalue weighted by Crippen LogP contribution is 2.34. The minimum atomic E-state index is 0.318. The number of ether oxygens (including phenoxy) is 6. The molecule has 2 heterocycles. The summed E-state index contributed by atoms with van der Waals surface area (Å²) in [7, 11) is 0. The van der Waals surface area contributed by atoms with Gasteiger partial charge in [-0.15, -0.1) is 0 Å². The summed E-state index contributed by atoms with van der Waals surface area (Å²) in [6, 6.07) is 8.83. The summed E-state index contributed by atoms with van der Waals surface area (Å²) >= 11 is 0. The maximum atomic E-state index is 6.09. The molecule has 0 aliphatic carbocycles. The molecule has 0 radical (unpaired) electrons. The van der Waals surface area contributed by atoms with E-state index in [2.05, 4.69) is 52.0 Å². The van der Waals surface area contributed by atoms with Gasteiger partial charge < -0.3 is 28.4 Å². The maximum absolute atomic E-state index is 6.09. The number of epoxide rings is 2. The van der Waals surface area contributed by atoms with Crippen LogP contribution in [0.5, 0.6) is 11.5 Å². The van der Waals surface area contributed by atoms with Gasteiger partial charge in [0, 0.05) is 26.1 Å². The van der Waals surface area contributed by atoms with Gasteiger partial charge in [0.1, 0.15) is 23.7 Å². The summed E-state index contributed by atoms with van der Waals surface area (Å²) in [5.41, 5.74) is 6.99. The molecule has 0 bridgehead atoms. The number of rotatable bonds is 15. The number of hydrogen-bond acceptors (Lipinski definition) is 6. The molecule has 0 N–H and O–H groups in total. The van der Waals surface area contributed by atoms with E-state index >= 15 is 0 Å². The molecule has 2 aliphatic rings. The van der Waals surface area contributed by atoms with Gasteiger partial charge in [0.15, 0.2) is 0 Å². The van der Waals surface area contributed by atoms with Crippen LogP contribution >= 0.6 is 0 Å². The van der Waals surface area contributed by atoms with Gasteiger partial charge in [0.25, 0.3) is 0 Å². The first-order valence-electron chi connectivity index (χ1n) is 12.4. The summed E-state index contributed by atoms with van der Waals surface area (Å²) in [6.45, 7) is 14.2. The molecule has 186 valence electrons. The standard InChI is InChI=1S/C28H38O6/c1-19-11-23(12-20(2)27(19)31-9-5-7-29-15-25-17-33-25)24-13-21(3)28(22(4)14-24)32-10-6-8-30-16-26-18-34-26/h11-14,25-26H,5-10,15-18H2,1-4H3. The molecule has 6 heteroatoms. The summed E-state index contributed by atoms with van der Waals surface area (Å²) < 4.78 is 33.7. The summed E-state index contributed by atoms with van der Waals surface area (Å²) in [5, 5.41) is 0. The highest BCUT2D eigenvalue weighted by Gasteiger charge is 2.22. The fourth-order valence-corrected chi connectivity index (χ4v) is 4.12. The predicted octanol–water partition coefficient (Wildman–Crippen LogP) is 4.96. The van der Waals surface area contributed by atoms with Gasteiger partial charge in [-0.05, 0) is 85.3 Å². The lowest BCUT2D eigenvalue weighted by molar-refractivity contribution is 0.104. The molecule has 2 aromatic carbocycles. The normalized spacial score (nSPS) is 18.7. The number of aryl methyl sites for hydroxylation is 4. The fourth-order valence-electron chi connectivity index (χ4n) is 4.12. The van der Waals surface area contributed by atoms with E-state index in [1.54, 1.807) is 0 Å². The van der Waals surface area contributed by atoms with E-state index in [9.17, 15) is 0 Å². The lowest BCUT2D eigenvalue weighted by atomic mass is 9.96. The van der Waals surface area contributed by atoms with E-state index in [0.717, 1.165) is 59.8 Å². The van der Waals surface area contributed by atoms with Crippen molar-refractivity contribution in [2.24, 2.45) is 0 Å². The topological polar surface area (TPSA) is 62.0 Å². The first-order chi connectivity index (χ1) is 16.5. The van der Waals surface area contributed by atoms with Crippen LogP contribution in [-0.4, -0.2) is 65.1 Å². The Balaban J connectivity index is 1.29. The van der Waals surface area contributed by atoms with Crippen LogP contribution < -0.4 is 9.47 Å². The quantitative estimate of drug-likeness (QED) is 0.271. The number of hydrogen-bond donors (Lipinski definition) is 0. The molecule has 2 aromatic rings. The van der Waals surface area contributed by atoms with Crippen molar-refractivity contribution in [3.63, 3.8) is 0 Å². The van der Waals surface area contributed by atoms with Gasteiger partial charge in [-0.1, -0.05) is 0 Å². The van der Waals surface area contributed by atoms with Gasteiger partial charge in [-0.25, -0.2) is 0 Å². The van der Waals surface area contributed by atoms with E-state index in [1.807, 2.05) is 0 Å². The largest absolute Gasteiger partial charge is 0.493 e. The molecule has 0 spiro atoms. The minimum Gasteiger partial charge on any atom is -0.493 e. The van der Waals surface area contributed by atoms with Gasteiger partial charge in [0.2, 0.25) is 0 Å². The van der Waals surface area contributed by atoms with Gasteiger partial charge in [0.05, 0.1) is 39.6 Å². The van der Waals surface area contributed by atoms with Crippen molar-refractivity contribution in [3.05, 3.63) is 46.5 Å². The third-order valence-electron chi connectivity index (χ3n) is 6.03. The van der Waals surface area contributed by atoms with Crippen LogP contribution in [-0.2, 0) is 18.9 Å². The highest BCUT2D eigenvalue weighted by atomic mass is 16.6. The Morgan fingerprint density at radius 2 is 0.971 bits per heavy atom. The van der Waals surface area contributed by atoms with Crippen molar-refractivity contribution in [2.75, 3.05) is 52.9 Å². The molecular formula is C28H38O6. The van der Waals surface area contributed by atoms with Crippen molar-refractivity contribution in [3.8, 4) is 22.6 Å². The Kier molecular flexibility index (Phi) is 8.84. The van der Waals surface area contributed by atoms with Crippen molar-refractivity contribution in [1.82, 2.24) is 0 Å². The van der Waals surface area contributed by atoms with Crippen LogP contribution in [0.25, 0.3) is 11.1 Å². The van der Waals surface area contributed by atoms with Gasteiger partial charge >= 0.3 is 0 Å². The van der Waals surface area contributed by atoms with E-state index in [4.69, 9.17) is 28.4 Å². The Hall–Kier alpha value is -2.12. The smallest absolute Gasteiger partial charge is 0.125 e. The summed E-state index contributed by atoms with van der Waals surface area (Å²) in [4.78, 5) is 0. The molecule has 0 amide bonds. The third-order valence-corrected chi connectivity index (χ3v) is 6.03. The average Bonchev–Trinajstić information content (AvgIpc) is 3.71. The molecule has 2 aliphatic heterocycles. The zero-order valence-electron chi connectivity index (χ0n) is 21.0. The third kappa shape index (κ3) is 7.44. The molecule has 2 unspecified atom stereocenters. The zero-order chi connectivity index (χ0) is 23.9. The molecule has 2 saturated heterocycles. The second kappa shape index (κ2) is 12.0. The molecule has 4 rings (SSSR count). The van der Waals surface area contributed by atoms with E-state index in [0.29, 0.717) is 51.8 Å². The Morgan fingerprint density at radius 1 is 0.618 bits per heavy atom. The van der Waals surface area contributed by atoms with Crippen LogP contribution in [0.1, 0.15) is 35.1 Å².